The molecule has 2 unspecified atom stereocenters. The van der Waals surface area contributed by atoms with Gasteiger partial charge in [0, 0.05) is 5.92 Å². The topological polar surface area (TPSA) is 30.2 Å². The van der Waals surface area contributed by atoms with E-state index in [0.29, 0.717) is 5.92 Å². The Morgan fingerprint density at radius 3 is 2.91 bits per heavy atom. The molecule has 1 saturated carbocycles. The van der Waals surface area contributed by atoms with Crippen molar-refractivity contribution >= 4 is 5.78 Å². The highest BCUT2D eigenvalue weighted by Gasteiger charge is 2.39. The predicted molar refractivity (Wildman–Crippen MR) is 40.3 cm³/mol. The molecule has 0 amide bonds. The highest BCUT2D eigenvalue weighted by Crippen LogP contribution is 2.40. The molecule has 2 heteroatoms. The van der Waals surface area contributed by atoms with Crippen LogP contribution in [0.3, 0.4) is 0 Å². The molecule has 0 radical (unpaired) electrons. The largest absolute Gasteiger partial charge is 0.472 e. The number of carbonyl (C=O) groups is 1. The summed E-state index contributed by atoms with van der Waals surface area (Å²) < 4.78 is 4.83. The van der Waals surface area contributed by atoms with Gasteiger partial charge >= 0.3 is 0 Å². The fourth-order valence-corrected chi connectivity index (χ4v) is 1.31. The number of furan rings is 1. The van der Waals surface area contributed by atoms with Crippen molar-refractivity contribution in [3.63, 3.8) is 0 Å². The van der Waals surface area contributed by atoms with Crippen molar-refractivity contribution in [3.05, 3.63) is 24.2 Å². The van der Waals surface area contributed by atoms with Crippen LogP contribution in [0.5, 0.6) is 0 Å². The summed E-state index contributed by atoms with van der Waals surface area (Å²) in [5, 5.41) is 0. The lowest BCUT2D eigenvalue weighted by Gasteiger charge is -1.90. The molecule has 1 aromatic rings. The molecular formula is C9H10O2. The fourth-order valence-electron chi connectivity index (χ4n) is 1.31. The van der Waals surface area contributed by atoms with E-state index in [4.69, 9.17) is 4.42 Å². The van der Waals surface area contributed by atoms with Crippen molar-refractivity contribution in [3.8, 4) is 0 Å². The standard InChI is InChI=1S/C9H10O2/c1-6-4-8(6)9(10)7-2-3-11-5-7/h2-3,5-6,8H,4H2,1H3. The molecule has 1 aliphatic rings. The molecule has 58 valence electrons. The van der Waals surface area contributed by atoms with E-state index in [9.17, 15) is 4.79 Å². The zero-order valence-corrected chi connectivity index (χ0v) is 6.41. The SMILES string of the molecule is CC1CC1C(=O)c1ccoc1. The highest BCUT2D eigenvalue weighted by atomic mass is 16.3. The summed E-state index contributed by atoms with van der Waals surface area (Å²) in [5.41, 5.74) is 0.722. The maximum absolute atomic E-state index is 11.4. The summed E-state index contributed by atoms with van der Waals surface area (Å²) in [6.45, 7) is 2.10. The Labute approximate surface area is 65.2 Å². The van der Waals surface area contributed by atoms with Crippen LogP contribution in [0.2, 0.25) is 0 Å². The van der Waals surface area contributed by atoms with Gasteiger partial charge < -0.3 is 4.42 Å². The Balaban J connectivity index is 2.13. The summed E-state index contributed by atoms with van der Waals surface area (Å²) in [5.74, 6) is 1.09. The zero-order chi connectivity index (χ0) is 7.84. The van der Waals surface area contributed by atoms with Crippen molar-refractivity contribution in [1.82, 2.24) is 0 Å². The first-order valence-electron chi connectivity index (χ1n) is 3.85. The van der Waals surface area contributed by atoms with Crippen LogP contribution in [0.15, 0.2) is 23.0 Å². The second-order valence-electron chi connectivity index (χ2n) is 3.20. The smallest absolute Gasteiger partial charge is 0.169 e. The van der Waals surface area contributed by atoms with E-state index in [2.05, 4.69) is 6.92 Å². The van der Waals surface area contributed by atoms with E-state index in [1.807, 2.05) is 0 Å². The monoisotopic (exact) mass is 150 g/mol. The van der Waals surface area contributed by atoms with Crippen LogP contribution in [-0.4, -0.2) is 5.78 Å². The second-order valence-corrected chi connectivity index (χ2v) is 3.20. The van der Waals surface area contributed by atoms with Gasteiger partial charge in [-0.2, -0.15) is 0 Å². The van der Waals surface area contributed by atoms with E-state index in [0.717, 1.165) is 12.0 Å². The molecule has 0 aliphatic heterocycles. The van der Waals surface area contributed by atoms with Crippen LogP contribution >= 0.6 is 0 Å². The summed E-state index contributed by atoms with van der Waals surface area (Å²) in [6.07, 6.45) is 4.11. The van der Waals surface area contributed by atoms with Crippen molar-refractivity contribution in [1.29, 1.82) is 0 Å². The van der Waals surface area contributed by atoms with E-state index >= 15 is 0 Å². The molecule has 0 spiro atoms. The van der Waals surface area contributed by atoms with Crippen LogP contribution in [-0.2, 0) is 0 Å². The van der Waals surface area contributed by atoms with Gasteiger partial charge in [-0.3, -0.25) is 4.79 Å². The Kier molecular flexibility index (Phi) is 1.34. The number of Topliss-reactive ketones (excluding diaryl/α,β-unsaturated/α-hetero) is 1. The Bertz CT molecular complexity index is 261. The molecule has 0 saturated heterocycles. The zero-order valence-electron chi connectivity index (χ0n) is 6.41. The number of rotatable bonds is 2. The Hall–Kier alpha value is -1.05. The summed E-state index contributed by atoms with van der Waals surface area (Å²) in [6, 6.07) is 1.73. The second kappa shape index (κ2) is 2.22. The molecule has 1 heterocycles. The summed E-state index contributed by atoms with van der Waals surface area (Å²) >= 11 is 0. The van der Waals surface area contributed by atoms with Gasteiger partial charge in [0.25, 0.3) is 0 Å². The first-order chi connectivity index (χ1) is 5.29. The van der Waals surface area contributed by atoms with Crippen LogP contribution in [0.1, 0.15) is 23.7 Å². The number of hydrogen-bond acceptors (Lipinski definition) is 2. The van der Waals surface area contributed by atoms with Gasteiger partial charge in [-0.25, -0.2) is 0 Å². The van der Waals surface area contributed by atoms with E-state index < -0.39 is 0 Å². The molecule has 2 nitrogen and oxygen atoms in total. The van der Waals surface area contributed by atoms with Gasteiger partial charge in [-0.05, 0) is 18.4 Å². The number of hydrogen-bond donors (Lipinski definition) is 0. The molecule has 0 N–H and O–H groups in total. The molecule has 1 aromatic heterocycles. The fraction of sp³-hybridized carbons (Fsp3) is 0.444. The highest BCUT2D eigenvalue weighted by molar-refractivity contribution is 5.99. The van der Waals surface area contributed by atoms with Crippen molar-refractivity contribution in [2.75, 3.05) is 0 Å². The Morgan fingerprint density at radius 2 is 2.45 bits per heavy atom. The van der Waals surface area contributed by atoms with Crippen molar-refractivity contribution in [2.45, 2.75) is 13.3 Å². The average Bonchev–Trinajstić information content (AvgIpc) is 2.56. The molecular weight excluding hydrogens is 140 g/mol. The minimum Gasteiger partial charge on any atom is -0.472 e. The van der Waals surface area contributed by atoms with Gasteiger partial charge in [0.15, 0.2) is 5.78 Å². The van der Waals surface area contributed by atoms with E-state index in [-0.39, 0.29) is 11.7 Å². The lowest BCUT2D eigenvalue weighted by atomic mass is 10.1. The van der Waals surface area contributed by atoms with Gasteiger partial charge in [0.1, 0.15) is 6.26 Å². The molecule has 11 heavy (non-hydrogen) atoms. The lowest BCUT2D eigenvalue weighted by Crippen LogP contribution is -2.00. The molecule has 1 fully saturated rings. The van der Waals surface area contributed by atoms with Crippen LogP contribution in [0, 0.1) is 11.8 Å². The van der Waals surface area contributed by atoms with Gasteiger partial charge in [-0.15, -0.1) is 0 Å². The molecule has 0 aromatic carbocycles. The van der Waals surface area contributed by atoms with Gasteiger partial charge in [0.2, 0.25) is 0 Å². The molecule has 1 aliphatic carbocycles. The minimum absolute atomic E-state index is 0.242. The lowest BCUT2D eigenvalue weighted by molar-refractivity contribution is 0.0961. The van der Waals surface area contributed by atoms with E-state index in [1.54, 1.807) is 12.3 Å². The van der Waals surface area contributed by atoms with Crippen LogP contribution < -0.4 is 0 Å². The quantitative estimate of drug-likeness (QED) is 0.604. The van der Waals surface area contributed by atoms with Crippen LogP contribution in [0.4, 0.5) is 0 Å². The third-order valence-electron chi connectivity index (χ3n) is 2.25. The van der Waals surface area contributed by atoms with E-state index in [1.165, 1.54) is 6.26 Å². The van der Waals surface area contributed by atoms with Gasteiger partial charge in [-0.1, -0.05) is 6.92 Å². The predicted octanol–water partition coefficient (Wildman–Crippen LogP) is 2.12. The number of ketones is 1. The van der Waals surface area contributed by atoms with Crippen molar-refractivity contribution < 1.29 is 9.21 Å². The molecule has 0 bridgehead atoms. The minimum atomic E-state index is 0.242. The maximum Gasteiger partial charge on any atom is 0.169 e. The number of carbonyl (C=O) groups excluding carboxylic acids is 1. The molecule has 2 atom stereocenters. The third kappa shape index (κ3) is 1.09. The Morgan fingerprint density at radius 1 is 1.73 bits per heavy atom. The first-order valence-corrected chi connectivity index (χ1v) is 3.85. The first kappa shape index (κ1) is 6.65. The van der Waals surface area contributed by atoms with Crippen molar-refractivity contribution in [2.24, 2.45) is 11.8 Å². The normalized spacial score (nSPS) is 28.5. The summed E-state index contributed by atoms with van der Waals surface area (Å²) in [7, 11) is 0. The van der Waals surface area contributed by atoms with Gasteiger partial charge in [0.05, 0.1) is 11.8 Å². The average molecular weight is 150 g/mol. The molecule has 2 rings (SSSR count). The summed E-state index contributed by atoms with van der Waals surface area (Å²) in [4.78, 5) is 11.4. The van der Waals surface area contributed by atoms with Crippen LogP contribution in [0.25, 0.3) is 0 Å². The maximum atomic E-state index is 11.4. The third-order valence-corrected chi connectivity index (χ3v) is 2.25.